The van der Waals surface area contributed by atoms with E-state index in [1.54, 1.807) is 19.1 Å². The molecule has 1 saturated heterocycles. The molecule has 1 aromatic rings. The number of ether oxygens (including phenoxy) is 1. The van der Waals surface area contributed by atoms with E-state index in [1.807, 2.05) is 12.1 Å². The molecule has 1 aromatic carbocycles. The van der Waals surface area contributed by atoms with Crippen LogP contribution in [0, 0.1) is 5.92 Å². The van der Waals surface area contributed by atoms with Gasteiger partial charge in [0.25, 0.3) is 5.91 Å². The summed E-state index contributed by atoms with van der Waals surface area (Å²) < 4.78 is 5.67. The molecule has 0 radical (unpaired) electrons. The molecule has 2 atom stereocenters. The highest BCUT2D eigenvalue weighted by Crippen LogP contribution is 2.18. The Labute approximate surface area is 145 Å². The largest absolute Gasteiger partial charge is 0.481 e. The number of carbonyl (C=O) groups excluding carboxylic acids is 1. The van der Waals surface area contributed by atoms with E-state index in [0.29, 0.717) is 18.3 Å². The first kappa shape index (κ1) is 18.7. The van der Waals surface area contributed by atoms with Gasteiger partial charge in [-0.05, 0) is 63.4 Å². The molecule has 2 N–H and O–H groups in total. The van der Waals surface area contributed by atoms with Crippen molar-refractivity contribution in [2.24, 2.45) is 5.92 Å². The van der Waals surface area contributed by atoms with Gasteiger partial charge in [-0.2, -0.15) is 0 Å². The third-order valence-electron chi connectivity index (χ3n) is 4.78. The van der Waals surface area contributed by atoms with Crippen LogP contribution in [0.4, 0.5) is 0 Å². The van der Waals surface area contributed by atoms with Crippen LogP contribution in [0.15, 0.2) is 24.3 Å². The number of hydrogen-bond donors (Lipinski definition) is 2. The molecule has 0 aromatic heterocycles. The quantitative estimate of drug-likeness (QED) is 0.802. The lowest BCUT2D eigenvalue weighted by Gasteiger charge is -2.35. The summed E-state index contributed by atoms with van der Waals surface area (Å²) in [6, 6.07) is 7.51. The number of aliphatic hydroxyl groups excluding tert-OH is 1. The van der Waals surface area contributed by atoms with E-state index in [9.17, 15) is 4.79 Å². The lowest BCUT2D eigenvalue weighted by atomic mass is 9.98. The van der Waals surface area contributed by atoms with Crippen molar-refractivity contribution >= 4 is 5.91 Å². The van der Waals surface area contributed by atoms with Crippen LogP contribution in [0.1, 0.15) is 39.2 Å². The molecule has 24 heavy (non-hydrogen) atoms. The standard InChI is InChI=1S/C19H30N2O3/c1-14-7-9-21(10-8-14)15(2)12-20-19(23)16(3)24-18-6-4-5-17(11-18)13-22/h4-6,11,14-16,22H,7-10,12-13H2,1-3H3,(H,20,23). The third kappa shape index (κ3) is 5.49. The van der Waals surface area contributed by atoms with Gasteiger partial charge in [0, 0.05) is 12.6 Å². The number of nitrogens with zero attached hydrogens (tertiary/aromatic N) is 1. The van der Waals surface area contributed by atoms with Gasteiger partial charge in [0.05, 0.1) is 6.61 Å². The minimum atomic E-state index is -0.562. The first-order chi connectivity index (χ1) is 11.5. The summed E-state index contributed by atoms with van der Waals surface area (Å²) in [6.45, 7) is 9.02. The molecule has 1 heterocycles. The fourth-order valence-electron chi connectivity index (χ4n) is 2.97. The number of likely N-dealkylation sites (tertiary alicyclic amines) is 1. The molecular weight excluding hydrogens is 304 g/mol. The molecule has 134 valence electrons. The summed E-state index contributed by atoms with van der Waals surface area (Å²) in [5, 5.41) is 12.1. The van der Waals surface area contributed by atoms with Crippen molar-refractivity contribution in [1.82, 2.24) is 10.2 Å². The second-order valence-electron chi connectivity index (χ2n) is 6.88. The van der Waals surface area contributed by atoms with Crippen LogP contribution >= 0.6 is 0 Å². The minimum absolute atomic E-state index is 0.0380. The summed E-state index contributed by atoms with van der Waals surface area (Å²) in [6.07, 6.45) is 1.91. The fourth-order valence-corrected chi connectivity index (χ4v) is 2.97. The molecule has 5 heteroatoms. The Bertz CT molecular complexity index is 527. The van der Waals surface area contributed by atoms with Gasteiger partial charge < -0.3 is 15.2 Å². The first-order valence-corrected chi connectivity index (χ1v) is 8.87. The van der Waals surface area contributed by atoms with Crippen molar-refractivity contribution in [3.05, 3.63) is 29.8 Å². The van der Waals surface area contributed by atoms with Crippen LogP contribution in [0.25, 0.3) is 0 Å². The van der Waals surface area contributed by atoms with Crippen LogP contribution in [-0.2, 0) is 11.4 Å². The SMILES string of the molecule is CC1CCN(C(C)CNC(=O)C(C)Oc2cccc(CO)c2)CC1. The molecule has 2 rings (SSSR count). The number of nitrogens with one attached hydrogen (secondary N) is 1. The highest BCUT2D eigenvalue weighted by Gasteiger charge is 2.22. The van der Waals surface area contributed by atoms with Crippen LogP contribution in [0.2, 0.25) is 0 Å². The van der Waals surface area contributed by atoms with Gasteiger partial charge in [-0.25, -0.2) is 0 Å². The van der Waals surface area contributed by atoms with E-state index in [0.717, 1.165) is 24.6 Å². The monoisotopic (exact) mass is 334 g/mol. The Morgan fingerprint density at radius 3 is 2.75 bits per heavy atom. The molecule has 0 bridgehead atoms. The average Bonchev–Trinajstić information content (AvgIpc) is 2.60. The molecule has 1 aliphatic rings. The van der Waals surface area contributed by atoms with E-state index >= 15 is 0 Å². The topological polar surface area (TPSA) is 61.8 Å². The number of piperidine rings is 1. The van der Waals surface area contributed by atoms with E-state index in [1.165, 1.54) is 12.8 Å². The molecule has 5 nitrogen and oxygen atoms in total. The Balaban J connectivity index is 1.76. The van der Waals surface area contributed by atoms with Gasteiger partial charge in [-0.1, -0.05) is 19.1 Å². The van der Waals surface area contributed by atoms with Gasteiger partial charge in [0.15, 0.2) is 6.10 Å². The van der Waals surface area contributed by atoms with Crippen molar-refractivity contribution < 1.29 is 14.6 Å². The van der Waals surface area contributed by atoms with Crippen molar-refractivity contribution in [2.45, 2.75) is 52.4 Å². The number of hydrogen-bond acceptors (Lipinski definition) is 4. The van der Waals surface area contributed by atoms with Crippen LogP contribution in [0.5, 0.6) is 5.75 Å². The fraction of sp³-hybridized carbons (Fsp3) is 0.632. The lowest BCUT2D eigenvalue weighted by molar-refractivity contribution is -0.127. The average molecular weight is 334 g/mol. The van der Waals surface area contributed by atoms with Gasteiger partial charge in [-0.15, -0.1) is 0 Å². The number of benzene rings is 1. The summed E-state index contributed by atoms with van der Waals surface area (Å²) in [5.74, 6) is 1.30. The molecule has 1 fully saturated rings. The second-order valence-corrected chi connectivity index (χ2v) is 6.88. The number of carbonyl (C=O) groups is 1. The predicted octanol–water partition coefficient (Wildman–Crippen LogP) is 2.18. The smallest absolute Gasteiger partial charge is 0.260 e. The predicted molar refractivity (Wildman–Crippen MR) is 94.9 cm³/mol. The highest BCUT2D eigenvalue weighted by molar-refractivity contribution is 5.80. The van der Waals surface area contributed by atoms with Gasteiger partial charge in [-0.3, -0.25) is 9.69 Å². The Morgan fingerprint density at radius 2 is 2.08 bits per heavy atom. The normalized spacial score (nSPS) is 18.8. The summed E-state index contributed by atoms with van der Waals surface area (Å²) in [7, 11) is 0. The van der Waals surface area contributed by atoms with Crippen molar-refractivity contribution in [3.63, 3.8) is 0 Å². The molecule has 0 saturated carbocycles. The number of rotatable bonds is 7. The van der Waals surface area contributed by atoms with Crippen molar-refractivity contribution in [1.29, 1.82) is 0 Å². The molecule has 0 aliphatic carbocycles. The van der Waals surface area contributed by atoms with E-state index in [4.69, 9.17) is 9.84 Å². The first-order valence-electron chi connectivity index (χ1n) is 8.87. The van der Waals surface area contributed by atoms with Gasteiger partial charge in [0.2, 0.25) is 0 Å². The Kier molecular flexibility index (Phi) is 7.06. The zero-order valence-electron chi connectivity index (χ0n) is 15.0. The molecule has 0 spiro atoms. The second kappa shape index (κ2) is 9.04. The maximum absolute atomic E-state index is 12.2. The van der Waals surface area contributed by atoms with Gasteiger partial charge in [0.1, 0.15) is 5.75 Å². The van der Waals surface area contributed by atoms with E-state index in [-0.39, 0.29) is 12.5 Å². The van der Waals surface area contributed by atoms with Crippen molar-refractivity contribution in [3.8, 4) is 5.75 Å². The summed E-state index contributed by atoms with van der Waals surface area (Å²) in [4.78, 5) is 14.7. The minimum Gasteiger partial charge on any atom is -0.481 e. The molecular formula is C19H30N2O3. The van der Waals surface area contributed by atoms with Gasteiger partial charge >= 0.3 is 0 Å². The zero-order valence-corrected chi connectivity index (χ0v) is 15.0. The summed E-state index contributed by atoms with van der Waals surface area (Å²) in [5.41, 5.74) is 0.771. The Hall–Kier alpha value is -1.59. The summed E-state index contributed by atoms with van der Waals surface area (Å²) >= 11 is 0. The Morgan fingerprint density at radius 1 is 1.38 bits per heavy atom. The zero-order chi connectivity index (χ0) is 17.5. The number of aliphatic hydroxyl groups is 1. The lowest BCUT2D eigenvalue weighted by Crippen LogP contribution is -2.47. The van der Waals surface area contributed by atoms with Crippen molar-refractivity contribution in [2.75, 3.05) is 19.6 Å². The van der Waals surface area contributed by atoms with Crippen LogP contribution in [0.3, 0.4) is 0 Å². The van der Waals surface area contributed by atoms with E-state index in [2.05, 4.69) is 24.1 Å². The number of amides is 1. The maximum Gasteiger partial charge on any atom is 0.260 e. The van der Waals surface area contributed by atoms with Crippen LogP contribution in [-0.4, -0.2) is 47.7 Å². The maximum atomic E-state index is 12.2. The molecule has 2 unspecified atom stereocenters. The third-order valence-corrected chi connectivity index (χ3v) is 4.78. The highest BCUT2D eigenvalue weighted by atomic mass is 16.5. The molecule has 1 aliphatic heterocycles. The molecule has 1 amide bonds. The van der Waals surface area contributed by atoms with E-state index < -0.39 is 6.10 Å². The van der Waals surface area contributed by atoms with Crippen LogP contribution < -0.4 is 10.1 Å².